The van der Waals surface area contributed by atoms with Crippen molar-refractivity contribution in [2.24, 2.45) is 17.8 Å². The molecule has 2 N–H and O–H groups in total. The zero-order valence-electron chi connectivity index (χ0n) is 7.96. The van der Waals surface area contributed by atoms with E-state index in [4.69, 9.17) is 4.74 Å². The Morgan fingerprint density at radius 2 is 2.14 bits per heavy atom. The first-order valence-electron chi connectivity index (χ1n) is 4.88. The van der Waals surface area contributed by atoms with Crippen molar-refractivity contribution in [3.05, 3.63) is 12.2 Å². The van der Waals surface area contributed by atoms with Crippen molar-refractivity contribution in [3.8, 4) is 0 Å². The minimum absolute atomic E-state index is 0.0625. The van der Waals surface area contributed by atoms with E-state index in [1.165, 1.54) is 0 Å². The van der Waals surface area contributed by atoms with Crippen molar-refractivity contribution in [1.29, 1.82) is 0 Å². The number of rotatable bonds is 2. The first kappa shape index (κ1) is 9.68. The van der Waals surface area contributed by atoms with Crippen LogP contribution in [-0.4, -0.2) is 35.0 Å². The van der Waals surface area contributed by atoms with Crippen molar-refractivity contribution in [2.45, 2.75) is 19.1 Å². The van der Waals surface area contributed by atoms with E-state index in [1.807, 2.05) is 0 Å². The van der Waals surface area contributed by atoms with E-state index in [2.05, 4.69) is 0 Å². The summed E-state index contributed by atoms with van der Waals surface area (Å²) in [7, 11) is 0. The number of allylic oxidation sites excluding steroid dienone is 1. The molecule has 78 valence electrons. The average Bonchev–Trinajstić information content (AvgIpc) is 2.87. The number of ether oxygens (including phenoxy) is 1. The topological polar surface area (TPSA) is 66.8 Å². The van der Waals surface area contributed by atoms with Crippen LogP contribution in [-0.2, 0) is 9.53 Å². The number of carbonyl (C=O) groups is 1. The Morgan fingerprint density at radius 3 is 2.79 bits per heavy atom. The van der Waals surface area contributed by atoms with Crippen LogP contribution < -0.4 is 0 Å². The number of hydrogen-bond acceptors (Lipinski definition) is 4. The SMILES string of the molecule is CCOC(=O)[C@@H]1[C@@H]2C=C[C@@H](O)[C@@H](O)[C@@H]21. The van der Waals surface area contributed by atoms with Crippen molar-refractivity contribution >= 4 is 5.97 Å². The van der Waals surface area contributed by atoms with Crippen molar-refractivity contribution in [1.82, 2.24) is 0 Å². The highest BCUT2D eigenvalue weighted by atomic mass is 16.5. The molecule has 0 aromatic carbocycles. The Labute approximate surface area is 82.2 Å². The predicted octanol–water partition coefficient (Wildman–Crippen LogP) is -0.297. The standard InChI is InChI=1S/C10H14O4/c1-2-14-10(13)8-5-3-4-6(11)9(12)7(5)8/h3-9,11-12H,2H2,1H3/t5-,6-,7+,8-,9-/m1/s1. The molecule has 0 aromatic heterocycles. The molecule has 14 heavy (non-hydrogen) atoms. The molecule has 2 rings (SSSR count). The Bertz CT molecular complexity index is 273. The molecule has 0 amide bonds. The summed E-state index contributed by atoms with van der Waals surface area (Å²) in [6.07, 6.45) is 1.68. The molecule has 1 saturated carbocycles. The fourth-order valence-corrected chi connectivity index (χ4v) is 2.18. The maximum atomic E-state index is 11.4. The molecule has 4 heteroatoms. The fraction of sp³-hybridized carbons (Fsp3) is 0.700. The third kappa shape index (κ3) is 1.35. The highest BCUT2D eigenvalue weighted by molar-refractivity contribution is 5.77. The third-order valence-electron chi connectivity index (χ3n) is 2.97. The van der Waals surface area contributed by atoms with Crippen LogP contribution in [0, 0.1) is 17.8 Å². The third-order valence-corrected chi connectivity index (χ3v) is 2.97. The van der Waals surface area contributed by atoms with Gasteiger partial charge in [-0.25, -0.2) is 0 Å². The maximum Gasteiger partial charge on any atom is 0.309 e. The second-order valence-corrected chi connectivity index (χ2v) is 3.80. The summed E-state index contributed by atoms with van der Waals surface area (Å²) in [5.41, 5.74) is 0. The lowest BCUT2D eigenvalue weighted by Crippen LogP contribution is -2.29. The van der Waals surface area contributed by atoms with E-state index < -0.39 is 12.2 Å². The van der Waals surface area contributed by atoms with Gasteiger partial charge in [-0.2, -0.15) is 0 Å². The molecule has 0 aromatic rings. The van der Waals surface area contributed by atoms with E-state index in [1.54, 1.807) is 19.1 Å². The monoisotopic (exact) mass is 198 g/mol. The van der Waals surface area contributed by atoms with Crippen LogP contribution in [0.2, 0.25) is 0 Å². The van der Waals surface area contributed by atoms with Gasteiger partial charge in [0.1, 0.15) is 0 Å². The van der Waals surface area contributed by atoms with E-state index in [9.17, 15) is 15.0 Å². The van der Waals surface area contributed by atoms with Gasteiger partial charge in [0.15, 0.2) is 0 Å². The van der Waals surface area contributed by atoms with Gasteiger partial charge in [0, 0.05) is 5.92 Å². The van der Waals surface area contributed by atoms with Crippen LogP contribution >= 0.6 is 0 Å². The van der Waals surface area contributed by atoms with Crippen LogP contribution in [0.3, 0.4) is 0 Å². The molecule has 0 radical (unpaired) electrons. The van der Waals surface area contributed by atoms with Gasteiger partial charge < -0.3 is 14.9 Å². The summed E-state index contributed by atoms with van der Waals surface area (Å²) in [6.45, 7) is 2.11. The molecule has 0 bridgehead atoms. The Balaban J connectivity index is 2.02. The zero-order chi connectivity index (χ0) is 10.3. The lowest BCUT2D eigenvalue weighted by molar-refractivity contribution is -0.145. The Hall–Kier alpha value is -0.870. The number of carbonyl (C=O) groups excluding carboxylic acids is 1. The highest BCUT2D eigenvalue weighted by Crippen LogP contribution is 2.53. The van der Waals surface area contributed by atoms with E-state index in [0.29, 0.717) is 6.61 Å². The minimum atomic E-state index is -0.837. The molecule has 0 saturated heterocycles. The quantitative estimate of drug-likeness (QED) is 0.472. The maximum absolute atomic E-state index is 11.4. The molecule has 0 unspecified atom stereocenters. The van der Waals surface area contributed by atoms with Gasteiger partial charge in [-0.05, 0) is 12.8 Å². The van der Waals surface area contributed by atoms with Crippen LogP contribution in [0.1, 0.15) is 6.92 Å². The van der Waals surface area contributed by atoms with E-state index in [-0.39, 0.29) is 23.7 Å². The van der Waals surface area contributed by atoms with E-state index >= 15 is 0 Å². The molecule has 2 aliphatic carbocycles. The van der Waals surface area contributed by atoms with Gasteiger partial charge >= 0.3 is 5.97 Å². The number of aliphatic hydroxyl groups excluding tert-OH is 2. The number of hydrogen-bond donors (Lipinski definition) is 2. The lowest BCUT2D eigenvalue weighted by atomic mass is 10.0. The van der Waals surface area contributed by atoms with E-state index in [0.717, 1.165) is 0 Å². The summed E-state index contributed by atoms with van der Waals surface area (Å²) < 4.78 is 4.88. The number of fused-ring (bicyclic) bond motifs is 1. The number of aliphatic hydroxyl groups is 2. The van der Waals surface area contributed by atoms with Crippen LogP contribution in [0.4, 0.5) is 0 Å². The van der Waals surface area contributed by atoms with Crippen LogP contribution in [0.5, 0.6) is 0 Å². The molecule has 0 spiro atoms. The summed E-state index contributed by atoms with van der Waals surface area (Å²) in [4.78, 5) is 11.4. The lowest BCUT2D eigenvalue weighted by Gasteiger charge is -2.16. The van der Waals surface area contributed by atoms with Gasteiger partial charge in [-0.15, -0.1) is 0 Å². The zero-order valence-corrected chi connectivity index (χ0v) is 7.96. The summed E-state index contributed by atoms with van der Waals surface area (Å²) in [6, 6.07) is 0. The van der Waals surface area contributed by atoms with Crippen molar-refractivity contribution in [3.63, 3.8) is 0 Å². The predicted molar refractivity (Wildman–Crippen MR) is 48.3 cm³/mol. The molecule has 4 nitrogen and oxygen atoms in total. The molecule has 0 aliphatic heterocycles. The van der Waals surface area contributed by atoms with Crippen LogP contribution in [0.25, 0.3) is 0 Å². The first-order valence-corrected chi connectivity index (χ1v) is 4.88. The molecular formula is C10H14O4. The number of esters is 1. The van der Waals surface area contributed by atoms with Gasteiger partial charge in [0.25, 0.3) is 0 Å². The summed E-state index contributed by atoms with van der Waals surface area (Å²) in [5, 5.41) is 18.9. The molecular weight excluding hydrogens is 184 g/mol. The average molecular weight is 198 g/mol. The normalized spacial score (nSPS) is 44.4. The minimum Gasteiger partial charge on any atom is -0.466 e. The smallest absolute Gasteiger partial charge is 0.309 e. The molecule has 1 fully saturated rings. The van der Waals surface area contributed by atoms with Gasteiger partial charge in [0.2, 0.25) is 0 Å². The highest BCUT2D eigenvalue weighted by Gasteiger charge is 2.60. The summed E-state index contributed by atoms with van der Waals surface area (Å²) in [5.74, 6) is -0.597. The van der Waals surface area contributed by atoms with Gasteiger partial charge in [-0.3, -0.25) is 4.79 Å². The molecule has 2 aliphatic rings. The largest absolute Gasteiger partial charge is 0.466 e. The Morgan fingerprint density at radius 1 is 1.43 bits per heavy atom. The second-order valence-electron chi connectivity index (χ2n) is 3.80. The molecule has 0 heterocycles. The van der Waals surface area contributed by atoms with Gasteiger partial charge in [0.05, 0.1) is 24.7 Å². The first-order chi connectivity index (χ1) is 6.66. The van der Waals surface area contributed by atoms with Crippen molar-refractivity contribution in [2.75, 3.05) is 6.61 Å². The Kier molecular flexibility index (Phi) is 2.33. The molecule has 5 atom stereocenters. The van der Waals surface area contributed by atoms with Crippen molar-refractivity contribution < 1.29 is 19.7 Å². The fourth-order valence-electron chi connectivity index (χ4n) is 2.18. The second kappa shape index (κ2) is 3.37. The summed E-state index contributed by atoms with van der Waals surface area (Å²) >= 11 is 0. The van der Waals surface area contributed by atoms with Crippen LogP contribution in [0.15, 0.2) is 12.2 Å². The van der Waals surface area contributed by atoms with Gasteiger partial charge in [-0.1, -0.05) is 12.2 Å².